The lowest BCUT2D eigenvalue weighted by atomic mass is 9.95. The van der Waals surface area contributed by atoms with Crippen molar-refractivity contribution in [2.75, 3.05) is 0 Å². The van der Waals surface area contributed by atoms with Crippen molar-refractivity contribution in [3.63, 3.8) is 0 Å². The Labute approximate surface area is 170 Å². The van der Waals surface area contributed by atoms with Crippen LogP contribution in [0.1, 0.15) is 51.0 Å². The number of halogens is 4. The average Bonchev–Trinajstić information content (AvgIpc) is 2.50. The van der Waals surface area contributed by atoms with E-state index in [2.05, 4.69) is 27.7 Å². The monoisotopic (exact) mass is 418 g/mol. The van der Waals surface area contributed by atoms with E-state index < -0.39 is 0 Å². The van der Waals surface area contributed by atoms with Crippen molar-refractivity contribution in [3.8, 4) is 0 Å². The van der Waals surface area contributed by atoms with Gasteiger partial charge in [0, 0.05) is 20.1 Å². The van der Waals surface area contributed by atoms with Crippen molar-refractivity contribution in [2.24, 2.45) is 11.8 Å². The minimum atomic E-state index is -0.177. The predicted molar refractivity (Wildman–Crippen MR) is 109 cm³/mol. The lowest BCUT2D eigenvalue weighted by Crippen LogP contribution is -2.19. The molecule has 136 valence electrons. The van der Waals surface area contributed by atoms with Gasteiger partial charge in [-0.3, -0.25) is 0 Å². The zero-order valence-electron chi connectivity index (χ0n) is 14.7. The van der Waals surface area contributed by atoms with Gasteiger partial charge in [-0.15, -0.1) is 0 Å². The molecule has 0 fully saturated rings. The molecule has 2 unspecified atom stereocenters. The summed E-state index contributed by atoms with van der Waals surface area (Å²) in [6.07, 6.45) is -0.354. The molecule has 0 amide bonds. The normalized spacial score (nSPS) is 14.2. The van der Waals surface area contributed by atoms with Gasteiger partial charge in [-0.05, 0) is 47.2 Å². The fraction of sp³-hybridized carbons (Fsp3) is 0.400. The van der Waals surface area contributed by atoms with E-state index in [0.29, 0.717) is 20.1 Å². The summed E-state index contributed by atoms with van der Waals surface area (Å²) >= 11 is 24.9. The van der Waals surface area contributed by atoms with Crippen LogP contribution in [0.25, 0.3) is 0 Å². The van der Waals surface area contributed by atoms with Crippen LogP contribution in [-0.2, 0) is 4.74 Å². The molecule has 2 rings (SSSR count). The summed E-state index contributed by atoms with van der Waals surface area (Å²) in [7, 11) is 0. The van der Waals surface area contributed by atoms with Crippen LogP contribution in [0.15, 0.2) is 36.4 Å². The first kappa shape index (κ1) is 20.9. The second-order valence-electron chi connectivity index (χ2n) is 6.80. The first-order chi connectivity index (χ1) is 11.7. The molecule has 0 heterocycles. The topological polar surface area (TPSA) is 9.23 Å². The van der Waals surface area contributed by atoms with Crippen LogP contribution < -0.4 is 0 Å². The molecule has 2 aromatic rings. The van der Waals surface area contributed by atoms with E-state index in [1.165, 1.54) is 0 Å². The van der Waals surface area contributed by atoms with Crippen LogP contribution in [0, 0.1) is 11.8 Å². The van der Waals surface area contributed by atoms with E-state index >= 15 is 0 Å². The van der Waals surface area contributed by atoms with Gasteiger partial charge in [-0.1, -0.05) is 86.2 Å². The second kappa shape index (κ2) is 8.97. The second-order valence-corrected chi connectivity index (χ2v) is 8.48. The van der Waals surface area contributed by atoms with Crippen LogP contribution in [0.5, 0.6) is 0 Å². The Morgan fingerprint density at radius 3 is 1.28 bits per heavy atom. The van der Waals surface area contributed by atoms with Crippen LogP contribution in [-0.4, -0.2) is 0 Å². The maximum absolute atomic E-state index is 6.53. The minimum Gasteiger partial charge on any atom is -0.365 e. The van der Waals surface area contributed by atoms with Gasteiger partial charge in [0.15, 0.2) is 0 Å². The zero-order chi connectivity index (χ0) is 18.7. The maximum Gasteiger partial charge on any atom is 0.0870 e. The van der Waals surface area contributed by atoms with Crippen molar-refractivity contribution in [2.45, 2.75) is 39.9 Å². The molecule has 1 nitrogen and oxygen atoms in total. The van der Waals surface area contributed by atoms with Crippen molar-refractivity contribution in [1.29, 1.82) is 0 Å². The highest BCUT2D eigenvalue weighted by atomic mass is 35.5. The molecule has 0 aliphatic carbocycles. The number of ether oxygens (including phenoxy) is 1. The SMILES string of the molecule is CC(C)C(OC(c1ccc(Cl)cc1Cl)C(C)C)c1ccc(Cl)cc1Cl. The third-order valence-electron chi connectivity index (χ3n) is 4.04. The van der Waals surface area contributed by atoms with Crippen LogP contribution in [0.2, 0.25) is 20.1 Å². The molecule has 5 heteroatoms. The summed E-state index contributed by atoms with van der Waals surface area (Å²) in [4.78, 5) is 0. The van der Waals surface area contributed by atoms with E-state index in [1.54, 1.807) is 12.1 Å². The molecule has 2 atom stereocenters. The summed E-state index contributed by atoms with van der Waals surface area (Å²) in [6.45, 7) is 8.43. The third-order valence-corrected chi connectivity index (χ3v) is 5.17. The van der Waals surface area contributed by atoms with Crippen molar-refractivity contribution in [1.82, 2.24) is 0 Å². The molecular weight excluding hydrogens is 398 g/mol. The molecule has 0 saturated heterocycles. The Morgan fingerprint density at radius 2 is 1.00 bits per heavy atom. The molecule has 0 bridgehead atoms. The highest BCUT2D eigenvalue weighted by Gasteiger charge is 2.27. The standard InChI is InChI=1S/C20H22Cl4O/c1-11(2)19(15-7-5-13(21)9-17(15)23)25-20(12(3)4)16-8-6-14(22)10-18(16)24/h5-12,19-20H,1-4H3. The summed E-state index contributed by atoms with van der Waals surface area (Å²) in [5, 5.41) is 2.43. The first-order valence-corrected chi connectivity index (χ1v) is 9.77. The van der Waals surface area contributed by atoms with Crippen molar-refractivity contribution < 1.29 is 4.74 Å². The van der Waals surface area contributed by atoms with E-state index in [1.807, 2.05) is 24.3 Å². The minimum absolute atomic E-state index is 0.177. The largest absolute Gasteiger partial charge is 0.365 e. The Kier molecular flexibility index (Phi) is 7.49. The van der Waals surface area contributed by atoms with Crippen LogP contribution >= 0.6 is 46.4 Å². The van der Waals surface area contributed by atoms with Crippen molar-refractivity contribution >= 4 is 46.4 Å². The van der Waals surface area contributed by atoms with Crippen molar-refractivity contribution in [3.05, 3.63) is 67.6 Å². The van der Waals surface area contributed by atoms with Crippen LogP contribution in [0.3, 0.4) is 0 Å². The quantitative estimate of drug-likeness (QED) is 0.456. The van der Waals surface area contributed by atoms with E-state index in [-0.39, 0.29) is 24.0 Å². The molecule has 0 aromatic heterocycles. The van der Waals surface area contributed by atoms with Crippen LogP contribution in [0.4, 0.5) is 0 Å². The Balaban J connectivity index is 2.40. The molecule has 0 saturated carbocycles. The Morgan fingerprint density at radius 1 is 0.640 bits per heavy atom. The summed E-state index contributed by atoms with van der Waals surface area (Å²) < 4.78 is 6.53. The fourth-order valence-electron chi connectivity index (χ4n) is 2.80. The zero-order valence-corrected chi connectivity index (χ0v) is 17.7. The molecule has 0 radical (unpaired) electrons. The van der Waals surface area contributed by atoms with E-state index in [4.69, 9.17) is 51.1 Å². The van der Waals surface area contributed by atoms with E-state index in [9.17, 15) is 0 Å². The van der Waals surface area contributed by atoms with Gasteiger partial charge in [0.25, 0.3) is 0 Å². The first-order valence-electron chi connectivity index (χ1n) is 8.26. The lowest BCUT2D eigenvalue weighted by Gasteiger charge is -2.31. The lowest BCUT2D eigenvalue weighted by molar-refractivity contribution is -0.0609. The number of hydrogen-bond donors (Lipinski definition) is 0. The number of hydrogen-bond acceptors (Lipinski definition) is 1. The maximum atomic E-state index is 6.53. The Bertz CT molecular complexity index is 666. The van der Waals surface area contributed by atoms with Gasteiger partial charge in [-0.25, -0.2) is 0 Å². The number of rotatable bonds is 6. The van der Waals surface area contributed by atoms with Gasteiger partial charge in [0.1, 0.15) is 0 Å². The molecular formula is C20H22Cl4O. The third kappa shape index (κ3) is 5.28. The van der Waals surface area contributed by atoms with Gasteiger partial charge >= 0.3 is 0 Å². The smallest absolute Gasteiger partial charge is 0.0870 e. The summed E-state index contributed by atoms with van der Waals surface area (Å²) in [5.41, 5.74) is 1.86. The van der Waals surface area contributed by atoms with Gasteiger partial charge < -0.3 is 4.74 Å². The molecule has 0 aliphatic rings. The molecule has 25 heavy (non-hydrogen) atoms. The summed E-state index contributed by atoms with van der Waals surface area (Å²) in [5.74, 6) is 0.456. The molecule has 2 aromatic carbocycles. The van der Waals surface area contributed by atoms with Gasteiger partial charge in [-0.2, -0.15) is 0 Å². The predicted octanol–water partition coefficient (Wildman–Crippen LogP) is 8.41. The van der Waals surface area contributed by atoms with Gasteiger partial charge in [0.05, 0.1) is 12.2 Å². The molecule has 0 N–H and O–H groups in total. The molecule has 0 spiro atoms. The Hall–Kier alpha value is -0.440. The summed E-state index contributed by atoms with van der Waals surface area (Å²) in [6, 6.07) is 11.0. The van der Waals surface area contributed by atoms with E-state index in [0.717, 1.165) is 11.1 Å². The fourth-order valence-corrected chi connectivity index (χ4v) is 3.83. The molecule has 0 aliphatic heterocycles. The van der Waals surface area contributed by atoms with Gasteiger partial charge in [0.2, 0.25) is 0 Å². The average molecular weight is 420 g/mol. The highest BCUT2D eigenvalue weighted by Crippen LogP contribution is 2.41. The highest BCUT2D eigenvalue weighted by molar-refractivity contribution is 6.35. The number of benzene rings is 2.